The number of hydrogen-bond donors (Lipinski definition) is 6. The molecule has 6 atom stereocenters. The Morgan fingerprint density at radius 3 is 2.71 bits per heavy atom. The lowest BCUT2D eigenvalue weighted by Gasteiger charge is -2.44. The average molecular weight is 323 g/mol. The van der Waals surface area contributed by atoms with E-state index < -0.39 is 42.9 Å². The van der Waals surface area contributed by atoms with E-state index in [0.717, 1.165) is 0 Å². The Bertz CT molecular complexity index is 383. The van der Waals surface area contributed by atoms with Gasteiger partial charge in [-0.3, -0.25) is 0 Å². The maximum absolute atomic E-state index is 10.3. The Morgan fingerprint density at radius 1 is 1.57 bits per heavy atom. The van der Waals surface area contributed by atoms with E-state index in [-0.39, 0.29) is 18.1 Å². The quantitative estimate of drug-likeness (QED) is 0.229. The van der Waals surface area contributed by atoms with Crippen molar-refractivity contribution in [3.63, 3.8) is 0 Å². The van der Waals surface area contributed by atoms with Crippen LogP contribution in [0.2, 0.25) is 0 Å². The Morgan fingerprint density at radius 2 is 2.19 bits per heavy atom. The minimum absolute atomic E-state index is 0.0269. The first-order valence-corrected chi connectivity index (χ1v) is 6.76. The number of aliphatic hydroxyl groups excluding tert-OH is 4. The summed E-state index contributed by atoms with van der Waals surface area (Å²) in [6.45, 7) is 2.72. The lowest BCUT2D eigenvalue weighted by molar-refractivity contribution is -0.268. The van der Waals surface area contributed by atoms with Crippen LogP contribution in [0.1, 0.15) is 6.42 Å². The summed E-state index contributed by atoms with van der Waals surface area (Å²) in [5.41, 5.74) is 5.70. The van der Waals surface area contributed by atoms with Crippen molar-refractivity contribution in [3.05, 3.63) is 12.7 Å². The molecular weight excluding hydrogens is 302 g/mol. The molecule has 0 aromatic rings. The van der Waals surface area contributed by atoms with Gasteiger partial charge >= 0.3 is 0 Å². The fourth-order valence-electron chi connectivity index (χ4n) is 1.99. The van der Waals surface area contributed by atoms with Crippen molar-refractivity contribution in [2.45, 2.75) is 42.7 Å². The topological polar surface area (TPSA) is 146 Å². The highest BCUT2D eigenvalue weighted by Crippen LogP contribution is 2.30. The first kappa shape index (κ1) is 18.4. The molecule has 1 saturated heterocycles. The molecule has 0 saturated carbocycles. The summed E-state index contributed by atoms with van der Waals surface area (Å²) in [7, 11) is 0. The number of ether oxygens (including phenoxy) is 2. The zero-order valence-electron chi connectivity index (χ0n) is 11.3. The Balaban J connectivity index is 2.90. The van der Waals surface area contributed by atoms with E-state index >= 15 is 0 Å². The summed E-state index contributed by atoms with van der Waals surface area (Å²) in [4.78, 5) is 0. The van der Waals surface area contributed by atoms with Crippen molar-refractivity contribution >= 4 is 17.3 Å². The molecule has 0 aromatic heterocycles. The summed E-state index contributed by atoms with van der Waals surface area (Å²) in [6.07, 6.45) is -4.69. The monoisotopic (exact) mass is 323 g/mol. The van der Waals surface area contributed by atoms with E-state index in [9.17, 15) is 20.4 Å². The van der Waals surface area contributed by atoms with Crippen LogP contribution in [0.5, 0.6) is 0 Å². The second-order valence-corrected chi connectivity index (χ2v) is 5.21. The molecule has 21 heavy (non-hydrogen) atoms. The largest absolute Gasteiger partial charge is 0.478 e. The molecular formula is C12H21NO7S. The van der Waals surface area contributed by atoms with Gasteiger partial charge in [0.05, 0.1) is 18.8 Å². The highest BCUT2D eigenvalue weighted by molar-refractivity contribution is 7.80. The molecule has 122 valence electrons. The summed E-state index contributed by atoms with van der Waals surface area (Å²) < 4.78 is 10.3. The molecule has 9 heteroatoms. The number of nitrogens with two attached hydrogens (primary N) is 1. The molecule has 0 spiro atoms. The minimum atomic E-state index is -2.14. The second-order valence-electron chi connectivity index (χ2n) is 4.84. The van der Waals surface area contributed by atoms with Crippen LogP contribution >= 0.6 is 12.2 Å². The standard InChI is InChI=1S/C12H21NO7S/c1-2-3-19-11(21)12(18)4-6(15)8(13)10(20-12)9(17)7(16)5-14/h2,6-10,14-18H,1,3-5,13H2/t6-,7+,8+,9+,10+,12?/m0/s1. The molecule has 1 aliphatic heterocycles. The molecule has 8 nitrogen and oxygen atoms in total. The normalized spacial score (nSPS) is 35.8. The predicted octanol–water partition coefficient (Wildman–Crippen LogP) is -2.60. The van der Waals surface area contributed by atoms with Gasteiger partial charge in [0, 0.05) is 6.42 Å². The van der Waals surface area contributed by atoms with Gasteiger partial charge in [-0.1, -0.05) is 12.7 Å². The predicted molar refractivity (Wildman–Crippen MR) is 76.3 cm³/mol. The molecule has 0 radical (unpaired) electrons. The average Bonchev–Trinajstić information content (AvgIpc) is 2.46. The zero-order chi connectivity index (χ0) is 16.2. The van der Waals surface area contributed by atoms with Crippen molar-refractivity contribution in [2.24, 2.45) is 5.73 Å². The molecule has 1 rings (SSSR count). The van der Waals surface area contributed by atoms with E-state index in [0.29, 0.717) is 0 Å². The molecule has 0 aliphatic carbocycles. The van der Waals surface area contributed by atoms with Crippen LogP contribution in [-0.4, -0.2) is 80.0 Å². The molecule has 1 heterocycles. The van der Waals surface area contributed by atoms with Crippen molar-refractivity contribution in [1.29, 1.82) is 0 Å². The molecule has 0 aromatic carbocycles. The Kier molecular flexibility index (Phi) is 6.63. The van der Waals surface area contributed by atoms with Gasteiger partial charge in [0.2, 0.25) is 10.8 Å². The summed E-state index contributed by atoms with van der Waals surface area (Å²) in [5.74, 6) is -2.14. The maximum Gasteiger partial charge on any atom is 0.239 e. The Labute approximate surface area is 127 Å². The highest BCUT2D eigenvalue weighted by Gasteiger charge is 2.51. The molecule has 0 amide bonds. The van der Waals surface area contributed by atoms with Crippen molar-refractivity contribution in [3.8, 4) is 0 Å². The maximum atomic E-state index is 10.3. The van der Waals surface area contributed by atoms with Gasteiger partial charge in [0.25, 0.3) is 0 Å². The Hall–Kier alpha value is -0.650. The fraction of sp³-hybridized carbons (Fsp3) is 0.750. The third-order valence-corrected chi connectivity index (χ3v) is 3.65. The van der Waals surface area contributed by atoms with Gasteiger partial charge in [0.15, 0.2) is 0 Å². The smallest absolute Gasteiger partial charge is 0.239 e. The van der Waals surface area contributed by atoms with Crippen LogP contribution in [0.3, 0.4) is 0 Å². The number of aliphatic hydroxyl groups is 5. The van der Waals surface area contributed by atoms with Crippen molar-refractivity contribution in [1.82, 2.24) is 0 Å². The van der Waals surface area contributed by atoms with E-state index in [1.165, 1.54) is 6.08 Å². The van der Waals surface area contributed by atoms with Crippen LogP contribution in [-0.2, 0) is 9.47 Å². The third-order valence-electron chi connectivity index (χ3n) is 3.21. The van der Waals surface area contributed by atoms with Gasteiger partial charge < -0.3 is 40.7 Å². The zero-order valence-corrected chi connectivity index (χ0v) is 12.1. The second kappa shape index (κ2) is 7.56. The minimum Gasteiger partial charge on any atom is -0.478 e. The van der Waals surface area contributed by atoms with Crippen LogP contribution in [0.15, 0.2) is 12.7 Å². The number of hydrogen-bond acceptors (Lipinski definition) is 9. The molecule has 1 unspecified atom stereocenters. The summed E-state index contributed by atoms with van der Waals surface area (Å²) in [6, 6.07) is -1.08. The van der Waals surface area contributed by atoms with E-state index in [4.69, 9.17) is 32.5 Å². The molecule has 1 fully saturated rings. The van der Waals surface area contributed by atoms with Crippen LogP contribution in [0, 0.1) is 0 Å². The van der Waals surface area contributed by atoms with E-state index in [1.807, 2.05) is 0 Å². The first-order chi connectivity index (χ1) is 9.76. The van der Waals surface area contributed by atoms with Crippen LogP contribution < -0.4 is 5.73 Å². The summed E-state index contributed by atoms with van der Waals surface area (Å²) >= 11 is 4.89. The van der Waals surface area contributed by atoms with Crippen LogP contribution in [0.4, 0.5) is 0 Å². The van der Waals surface area contributed by atoms with Gasteiger partial charge in [-0.2, -0.15) is 0 Å². The number of thiocarbonyl (C=S) groups is 1. The first-order valence-electron chi connectivity index (χ1n) is 6.35. The van der Waals surface area contributed by atoms with Crippen molar-refractivity contribution in [2.75, 3.05) is 13.2 Å². The molecule has 1 aliphatic rings. The molecule has 7 N–H and O–H groups in total. The van der Waals surface area contributed by atoms with Crippen molar-refractivity contribution < 1.29 is 35.0 Å². The number of rotatable bonds is 6. The highest BCUT2D eigenvalue weighted by atomic mass is 32.1. The van der Waals surface area contributed by atoms with Crippen LogP contribution in [0.25, 0.3) is 0 Å². The third kappa shape index (κ3) is 4.18. The van der Waals surface area contributed by atoms with Gasteiger partial charge in [-0.15, -0.1) is 0 Å². The van der Waals surface area contributed by atoms with E-state index in [1.54, 1.807) is 0 Å². The summed E-state index contributed by atoms with van der Waals surface area (Å²) in [5, 5.41) is 48.1. The SMILES string of the molecule is C=CCOC(=S)C1(O)C[C@H](O)[C@@H](N)[C@H]([C@H](O)[C@H](O)CO)O1. The van der Waals surface area contributed by atoms with Gasteiger partial charge in [-0.05, 0) is 12.2 Å². The lowest BCUT2D eigenvalue weighted by Crippen LogP contribution is -2.65. The van der Waals surface area contributed by atoms with Gasteiger partial charge in [0.1, 0.15) is 24.9 Å². The van der Waals surface area contributed by atoms with E-state index in [2.05, 4.69) is 6.58 Å². The molecule has 0 bridgehead atoms. The van der Waals surface area contributed by atoms with Gasteiger partial charge in [-0.25, -0.2) is 0 Å². The lowest BCUT2D eigenvalue weighted by atomic mass is 9.89. The fourth-order valence-corrected chi connectivity index (χ4v) is 2.19.